The quantitative estimate of drug-likeness (QED) is 0.583. The molecule has 6 nitrogen and oxygen atoms in total. The van der Waals surface area contributed by atoms with Crippen molar-refractivity contribution in [3.05, 3.63) is 60.9 Å². The Balaban J connectivity index is 1.43. The summed E-state index contributed by atoms with van der Waals surface area (Å²) in [6.07, 6.45) is 3.37. The van der Waals surface area contributed by atoms with Gasteiger partial charge in [0, 0.05) is 24.2 Å². The van der Waals surface area contributed by atoms with Gasteiger partial charge in [0.1, 0.15) is 17.4 Å². The van der Waals surface area contributed by atoms with Gasteiger partial charge in [-0.25, -0.2) is 9.97 Å². The number of rotatable bonds is 3. The Morgan fingerprint density at radius 1 is 1.07 bits per heavy atom. The van der Waals surface area contributed by atoms with Crippen molar-refractivity contribution in [2.45, 2.75) is 12.8 Å². The Morgan fingerprint density at radius 2 is 1.89 bits per heavy atom. The van der Waals surface area contributed by atoms with Gasteiger partial charge in [-0.1, -0.05) is 30.3 Å². The Hall–Kier alpha value is -3.41. The molecule has 28 heavy (non-hydrogen) atoms. The fraction of sp³-hybridized carbons (Fsp3) is 0.227. The van der Waals surface area contributed by atoms with E-state index in [1.54, 1.807) is 6.33 Å². The van der Waals surface area contributed by atoms with Crippen molar-refractivity contribution < 1.29 is 9.21 Å². The molecular formula is C22H20N4O2. The second-order valence-electron chi connectivity index (χ2n) is 7.11. The minimum atomic E-state index is -0.0941. The van der Waals surface area contributed by atoms with Gasteiger partial charge in [-0.15, -0.1) is 0 Å². The number of amides is 1. The summed E-state index contributed by atoms with van der Waals surface area (Å²) >= 11 is 0. The lowest BCUT2D eigenvalue weighted by Gasteiger charge is -2.32. The molecule has 1 saturated heterocycles. The van der Waals surface area contributed by atoms with Crippen molar-refractivity contribution in [1.82, 2.24) is 9.97 Å². The maximum absolute atomic E-state index is 12.8. The average Bonchev–Trinajstić information content (AvgIpc) is 3.13. The van der Waals surface area contributed by atoms with Gasteiger partial charge < -0.3 is 14.6 Å². The Kier molecular flexibility index (Phi) is 4.16. The number of anilines is 2. The molecule has 1 aliphatic heterocycles. The van der Waals surface area contributed by atoms with E-state index in [0.717, 1.165) is 47.4 Å². The van der Waals surface area contributed by atoms with Crippen molar-refractivity contribution in [2.24, 2.45) is 5.92 Å². The van der Waals surface area contributed by atoms with E-state index < -0.39 is 0 Å². The number of nitrogens with one attached hydrogen (secondary N) is 1. The van der Waals surface area contributed by atoms with Crippen molar-refractivity contribution in [2.75, 3.05) is 23.3 Å². The zero-order chi connectivity index (χ0) is 18.9. The van der Waals surface area contributed by atoms with Crippen LogP contribution in [0.15, 0.2) is 65.3 Å². The summed E-state index contributed by atoms with van der Waals surface area (Å²) in [7, 11) is 0. The second kappa shape index (κ2) is 6.96. The average molecular weight is 372 g/mol. The summed E-state index contributed by atoms with van der Waals surface area (Å²) < 4.78 is 6.06. The van der Waals surface area contributed by atoms with Gasteiger partial charge in [0.2, 0.25) is 5.91 Å². The monoisotopic (exact) mass is 372 g/mol. The van der Waals surface area contributed by atoms with Crippen LogP contribution in [0.4, 0.5) is 11.5 Å². The van der Waals surface area contributed by atoms with E-state index in [0.29, 0.717) is 12.1 Å². The number of hydrogen-bond acceptors (Lipinski definition) is 5. The van der Waals surface area contributed by atoms with E-state index in [4.69, 9.17) is 4.42 Å². The number of carbonyl (C=O) groups excluding carboxylic acids is 1. The molecule has 2 aromatic carbocycles. The first kappa shape index (κ1) is 16.7. The highest BCUT2D eigenvalue weighted by Crippen LogP contribution is 2.33. The van der Waals surface area contributed by atoms with Crippen LogP contribution in [0.3, 0.4) is 0 Å². The number of carbonyl (C=O) groups is 1. The van der Waals surface area contributed by atoms with E-state index in [1.165, 1.54) is 0 Å². The third-order valence-corrected chi connectivity index (χ3v) is 5.27. The lowest BCUT2D eigenvalue weighted by molar-refractivity contribution is -0.120. The maximum atomic E-state index is 12.8. The number of fused-ring (bicyclic) bond motifs is 3. The minimum absolute atomic E-state index is 0.0470. The minimum Gasteiger partial charge on any atom is -0.450 e. The standard InChI is InChI=1S/C22H20N4O2/c27-22(25-16-8-2-1-3-9-16)15-7-6-12-26(13-15)21-20-19(23-14-24-21)17-10-4-5-11-18(17)28-20/h1-5,8-11,14-15H,6-7,12-13H2,(H,25,27). The van der Waals surface area contributed by atoms with Crippen LogP contribution in [0.5, 0.6) is 0 Å². The zero-order valence-electron chi connectivity index (χ0n) is 15.3. The predicted molar refractivity (Wildman–Crippen MR) is 109 cm³/mol. The van der Waals surface area contributed by atoms with E-state index in [1.807, 2.05) is 54.6 Å². The highest BCUT2D eigenvalue weighted by molar-refractivity contribution is 6.05. The van der Waals surface area contributed by atoms with Gasteiger partial charge in [-0.3, -0.25) is 4.79 Å². The molecule has 1 amide bonds. The zero-order valence-corrected chi connectivity index (χ0v) is 15.3. The number of para-hydroxylation sites is 2. The van der Waals surface area contributed by atoms with Crippen molar-refractivity contribution in [3.8, 4) is 0 Å². The highest BCUT2D eigenvalue weighted by atomic mass is 16.3. The van der Waals surface area contributed by atoms with E-state index in [-0.39, 0.29) is 11.8 Å². The summed E-state index contributed by atoms with van der Waals surface area (Å²) in [5.41, 5.74) is 3.13. The number of piperidine rings is 1. The molecule has 1 unspecified atom stereocenters. The van der Waals surface area contributed by atoms with Gasteiger partial charge in [0.15, 0.2) is 11.4 Å². The third kappa shape index (κ3) is 2.97. The molecule has 0 saturated carbocycles. The molecule has 0 spiro atoms. The first-order chi connectivity index (χ1) is 13.8. The number of hydrogen-bond donors (Lipinski definition) is 1. The Morgan fingerprint density at radius 3 is 2.79 bits per heavy atom. The van der Waals surface area contributed by atoms with Crippen LogP contribution in [0.2, 0.25) is 0 Å². The summed E-state index contributed by atoms with van der Waals surface area (Å²) in [6.45, 7) is 1.46. The first-order valence-electron chi connectivity index (χ1n) is 9.53. The molecule has 0 bridgehead atoms. The highest BCUT2D eigenvalue weighted by Gasteiger charge is 2.28. The molecule has 140 valence electrons. The Labute approximate surface area is 162 Å². The molecule has 4 aromatic rings. The second-order valence-corrected chi connectivity index (χ2v) is 7.11. The van der Waals surface area contributed by atoms with Crippen LogP contribution in [0, 0.1) is 5.92 Å². The SMILES string of the molecule is O=C(Nc1ccccc1)C1CCCN(c2ncnc3c2oc2ccccc23)C1. The molecule has 1 aliphatic rings. The fourth-order valence-electron chi connectivity index (χ4n) is 3.89. The van der Waals surface area contributed by atoms with E-state index >= 15 is 0 Å². The van der Waals surface area contributed by atoms with E-state index in [2.05, 4.69) is 20.2 Å². The molecular weight excluding hydrogens is 352 g/mol. The summed E-state index contributed by atoms with van der Waals surface area (Å²) in [4.78, 5) is 23.8. The van der Waals surface area contributed by atoms with Gasteiger partial charge in [-0.2, -0.15) is 0 Å². The predicted octanol–water partition coefficient (Wildman–Crippen LogP) is 4.23. The van der Waals surface area contributed by atoms with Crippen molar-refractivity contribution >= 4 is 39.5 Å². The van der Waals surface area contributed by atoms with Crippen LogP contribution in [-0.2, 0) is 4.79 Å². The lowest BCUT2D eigenvalue weighted by Crippen LogP contribution is -2.41. The molecule has 0 radical (unpaired) electrons. The van der Waals surface area contributed by atoms with Gasteiger partial charge >= 0.3 is 0 Å². The molecule has 2 aromatic heterocycles. The lowest BCUT2D eigenvalue weighted by atomic mass is 9.97. The summed E-state index contributed by atoms with van der Waals surface area (Å²) in [5, 5.41) is 4.00. The molecule has 0 aliphatic carbocycles. The molecule has 1 N–H and O–H groups in total. The van der Waals surface area contributed by atoms with Gasteiger partial charge in [-0.05, 0) is 37.1 Å². The maximum Gasteiger partial charge on any atom is 0.229 e. The summed E-state index contributed by atoms with van der Waals surface area (Å²) in [6, 6.07) is 17.4. The smallest absolute Gasteiger partial charge is 0.229 e. The number of nitrogens with zero attached hydrogens (tertiary/aromatic N) is 3. The number of aromatic nitrogens is 2. The molecule has 6 heteroatoms. The number of benzene rings is 2. The largest absolute Gasteiger partial charge is 0.450 e. The number of furan rings is 1. The van der Waals surface area contributed by atoms with Crippen molar-refractivity contribution in [1.29, 1.82) is 0 Å². The fourth-order valence-corrected chi connectivity index (χ4v) is 3.89. The molecule has 1 fully saturated rings. The van der Waals surface area contributed by atoms with Gasteiger partial charge in [0.05, 0.1) is 5.92 Å². The topological polar surface area (TPSA) is 71.3 Å². The van der Waals surface area contributed by atoms with Crippen molar-refractivity contribution in [3.63, 3.8) is 0 Å². The normalized spacial score (nSPS) is 17.1. The van der Waals surface area contributed by atoms with Crippen LogP contribution in [0.25, 0.3) is 22.1 Å². The first-order valence-corrected chi connectivity index (χ1v) is 9.53. The third-order valence-electron chi connectivity index (χ3n) is 5.27. The Bertz CT molecular complexity index is 1140. The van der Waals surface area contributed by atoms with Gasteiger partial charge in [0.25, 0.3) is 0 Å². The van der Waals surface area contributed by atoms with Crippen LogP contribution in [-0.4, -0.2) is 29.0 Å². The van der Waals surface area contributed by atoms with Crippen LogP contribution >= 0.6 is 0 Å². The van der Waals surface area contributed by atoms with E-state index in [9.17, 15) is 4.79 Å². The summed E-state index contributed by atoms with van der Waals surface area (Å²) in [5.74, 6) is 0.715. The molecule has 5 rings (SSSR count). The molecule has 1 atom stereocenters. The van der Waals surface area contributed by atoms with Crippen LogP contribution < -0.4 is 10.2 Å². The molecule has 3 heterocycles. The van der Waals surface area contributed by atoms with Crippen LogP contribution in [0.1, 0.15) is 12.8 Å².